The van der Waals surface area contributed by atoms with Gasteiger partial charge in [0.15, 0.2) is 0 Å². The lowest BCUT2D eigenvalue weighted by atomic mass is 10.1. The van der Waals surface area contributed by atoms with Gasteiger partial charge in [-0.25, -0.2) is 4.99 Å². The summed E-state index contributed by atoms with van der Waals surface area (Å²) in [6, 6.07) is 38.3. The third kappa shape index (κ3) is 5.22. The minimum atomic E-state index is 0.961. The number of hydrogen-bond donors (Lipinski definition) is 0. The Kier molecular flexibility index (Phi) is 6.61. The molecular weight excluding hydrogens is 438 g/mol. The predicted molar refractivity (Wildman–Crippen MR) is 147 cm³/mol. The fraction of sp³-hybridized carbons (Fsp3) is 0.0333. The molecule has 0 fully saturated rings. The molecule has 0 saturated carbocycles. The third-order valence-electron chi connectivity index (χ3n) is 5.39. The maximum atomic E-state index is 4.97. The van der Waals surface area contributed by atoms with Crippen molar-refractivity contribution in [2.75, 3.05) is 0 Å². The highest BCUT2D eigenvalue weighted by molar-refractivity contribution is 8.14. The molecule has 0 heterocycles. The topological polar surface area (TPSA) is 12.4 Å². The molecule has 33 heavy (non-hydrogen) atoms. The molecule has 0 aliphatic heterocycles. The van der Waals surface area contributed by atoms with Crippen molar-refractivity contribution in [2.24, 2.45) is 4.99 Å². The highest BCUT2D eigenvalue weighted by Gasteiger charge is 2.06. The van der Waals surface area contributed by atoms with E-state index in [1.807, 2.05) is 0 Å². The molecule has 0 unspecified atom stereocenters. The summed E-state index contributed by atoms with van der Waals surface area (Å²) < 4.78 is 0. The summed E-state index contributed by atoms with van der Waals surface area (Å²) in [7, 11) is 0. The first-order valence-electron chi connectivity index (χ1n) is 10.9. The highest BCUT2D eigenvalue weighted by atomic mass is 32.2. The van der Waals surface area contributed by atoms with Crippen LogP contribution in [0.1, 0.15) is 5.56 Å². The van der Waals surface area contributed by atoms with Crippen molar-refractivity contribution in [3.05, 3.63) is 126 Å². The van der Waals surface area contributed by atoms with Crippen molar-refractivity contribution in [3.63, 3.8) is 0 Å². The van der Waals surface area contributed by atoms with Gasteiger partial charge in [0.25, 0.3) is 0 Å². The quantitative estimate of drug-likeness (QED) is 0.147. The number of aliphatic imine (C=N–C) groups is 1. The zero-order chi connectivity index (χ0) is 22.5. The molecular formula is C30H23NS2. The van der Waals surface area contributed by atoms with E-state index in [-0.39, 0.29) is 0 Å². The van der Waals surface area contributed by atoms with Crippen LogP contribution >= 0.6 is 23.5 Å². The smallest absolute Gasteiger partial charge is 0.102 e. The monoisotopic (exact) mass is 461 g/mol. The maximum Gasteiger partial charge on any atom is 0.102 e. The first-order chi connectivity index (χ1) is 16.3. The van der Waals surface area contributed by atoms with Gasteiger partial charge in [-0.15, -0.1) is 0 Å². The molecule has 0 radical (unpaired) electrons. The van der Waals surface area contributed by atoms with Gasteiger partial charge < -0.3 is 0 Å². The van der Waals surface area contributed by atoms with Crippen LogP contribution in [0.4, 0.5) is 5.69 Å². The van der Waals surface area contributed by atoms with Gasteiger partial charge >= 0.3 is 0 Å². The second-order valence-electron chi connectivity index (χ2n) is 7.76. The first kappa shape index (κ1) is 21.6. The highest BCUT2D eigenvalue weighted by Crippen LogP contribution is 2.32. The lowest BCUT2D eigenvalue weighted by Gasteiger charge is -2.07. The van der Waals surface area contributed by atoms with Gasteiger partial charge in [-0.05, 0) is 64.2 Å². The van der Waals surface area contributed by atoms with Gasteiger partial charge in [0.1, 0.15) is 5.04 Å². The normalized spacial score (nSPS) is 12.1. The fourth-order valence-electron chi connectivity index (χ4n) is 3.70. The summed E-state index contributed by atoms with van der Waals surface area (Å²) in [6.45, 7) is 2.10. The van der Waals surface area contributed by atoms with Crippen LogP contribution in [0.2, 0.25) is 0 Å². The van der Waals surface area contributed by atoms with Gasteiger partial charge in [0.05, 0.1) is 5.69 Å². The molecule has 0 bridgehead atoms. The van der Waals surface area contributed by atoms with Gasteiger partial charge in [-0.1, -0.05) is 114 Å². The van der Waals surface area contributed by atoms with Crippen LogP contribution in [0.15, 0.2) is 135 Å². The Labute approximate surface area is 203 Å². The van der Waals surface area contributed by atoms with Crippen LogP contribution in [0.5, 0.6) is 0 Å². The Morgan fingerprint density at radius 2 is 1.21 bits per heavy atom. The third-order valence-corrected chi connectivity index (χ3v) is 7.29. The summed E-state index contributed by atoms with van der Waals surface area (Å²) in [6.07, 6.45) is 2.12. The molecule has 0 N–H and O–H groups in total. The van der Waals surface area contributed by atoms with E-state index < -0.39 is 0 Å². The second-order valence-corrected chi connectivity index (χ2v) is 9.77. The summed E-state index contributed by atoms with van der Waals surface area (Å²) in [5.74, 6) is 0. The van der Waals surface area contributed by atoms with Crippen molar-refractivity contribution < 1.29 is 0 Å². The maximum absolute atomic E-state index is 4.97. The van der Waals surface area contributed by atoms with Crippen LogP contribution < -0.4 is 0 Å². The van der Waals surface area contributed by atoms with Gasteiger partial charge in [-0.2, -0.15) is 0 Å². The minimum Gasteiger partial charge on any atom is -0.242 e. The Morgan fingerprint density at radius 3 is 1.91 bits per heavy atom. The second kappa shape index (κ2) is 10.1. The predicted octanol–water partition coefficient (Wildman–Crippen LogP) is 9.43. The van der Waals surface area contributed by atoms with Crippen LogP contribution in [0.3, 0.4) is 0 Å². The summed E-state index contributed by atoms with van der Waals surface area (Å²) in [5, 5.41) is 8.13. The molecule has 160 valence electrons. The van der Waals surface area contributed by atoms with Crippen LogP contribution in [0.25, 0.3) is 21.5 Å². The number of fused-ring (bicyclic) bond motifs is 2. The van der Waals surface area contributed by atoms with E-state index in [9.17, 15) is 0 Å². The van der Waals surface area contributed by atoms with Gasteiger partial charge in [0, 0.05) is 9.79 Å². The zero-order valence-electron chi connectivity index (χ0n) is 18.3. The SMILES string of the molecule is Cc1ccc(N=C(C=CSc2cccc3ccccc23)Sc2cccc3ccccc23)cc1. The summed E-state index contributed by atoms with van der Waals surface area (Å²) in [4.78, 5) is 7.43. The number of nitrogens with zero attached hydrogens (tertiary/aromatic N) is 1. The minimum absolute atomic E-state index is 0.961. The van der Waals surface area contributed by atoms with E-state index in [0.717, 1.165) is 10.7 Å². The lowest BCUT2D eigenvalue weighted by Crippen LogP contribution is -1.88. The van der Waals surface area contributed by atoms with Gasteiger partial charge in [0.2, 0.25) is 0 Å². The fourth-order valence-corrected chi connectivity index (χ4v) is 5.56. The van der Waals surface area contributed by atoms with Crippen LogP contribution in [-0.4, -0.2) is 5.04 Å². The van der Waals surface area contributed by atoms with Crippen molar-refractivity contribution in [2.45, 2.75) is 16.7 Å². The average molecular weight is 462 g/mol. The largest absolute Gasteiger partial charge is 0.242 e. The number of aryl methyl sites for hydroxylation is 1. The molecule has 1 nitrogen and oxygen atoms in total. The van der Waals surface area contributed by atoms with Crippen LogP contribution in [0, 0.1) is 6.92 Å². The average Bonchev–Trinajstić information content (AvgIpc) is 2.86. The molecule has 0 amide bonds. The molecule has 0 saturated heterocycles. The molecule has 0 aromatic heterocycles. The molecule has 0 atom stereocenters. The first-order valence-corrected chi connectivity index (χ1v) is 12.6. The van der Waals surface area contributed by atoms with E-state index in [1.54, 1.807) is 23.5 Å². The Balaban J connectivity index is 1.47. The van der Waals surface area contributed by atoms with Crippen molar-refractivity contribution in [3.8, 4) is 0 Å². The standard InChI is InChI=1S/C30H23NS2/c1-22-16-18-25(19-17-22)31-30(33-29-15-7-11-24-9-3-5-13-27(24)29)20-21-32-28-14-6-10-23-8-2-4-12-26(23)28/h2-21H,1H3. The Hall–Kier alpha value is -3.27. The molecule has 5 aromatic carbocycles. The molecule has 3 heteroatoms. The molecule has 5 rings (SSSR count). The summed E-state index contributed by atoms with van der Waals surface area (Å²) in [5.41, 5.74) is 2.20. The van der Waals surface area contributed by atoms with Crippen molar-refractivity contribution >= 4 is 55.8 Å². The van der Waals surface area contributed by atoms with E-state index in [1.165, 1.54) is 36.9 Å². The van der Waals surface area contributed by atoms with Gasteiger partial charge in [-0.3, -0.25) is 0 Å². The van der Waals surface area contributed by atoms with E-state index in [2.05, 4.69) is 128 Å². The molecule has 5 aromatic rings. The number of thioether (sulfide) groups is 2. The molecule has 0 spiro atoms. The number of hydrogen-bond acceptors (Lipinski definition) is 3. The molecule has 0 aliphatic carbocycles. The Bertz CT molecular complexity index is 1460. The van der Waals surface area contributed by atoms with E-state index in [0.29, 0.717) is 0 Å². The lowest BCUT2D eigenvalue weighted by molar-refractivity contribution is 1.44. The zero-order valence-corrected chi connectivity index (χ0v) is 19.9. The Morgan fingerprint density at radius 1 is 0.636 bits per heavy atom. The van der Waals surface area contributed by atoms with E-state index in [4.69, 9.17) is 4.99 Å². The molecule has 0 aliphatic rings. The van der Waals surface area contributed by atoms with Crippen molar-refractivity contribution in [1.29, 1.82) is 0 Å². The van der Waals surface area contributed by atoms with Crippen molar-refractivity contribution in [1.82, 2.24) is 0 Å². The van der Waals surface area contributed by atoms with E-state index >= 15 is 0 Å². The number of benzene rings is 5. The number of rotatable bonds is 5. The van der Waals surface area contributed by atoms with Crippen LogP contribution in [-0.2, 0) is 0 Å². The summed E-state index contributed by atoms with van der Waals surface area (Å²) >= 11 is 3.44.